The first kappa shape index (κ1) is 18.3. The second-order valence-electron chi connectivity index (χ2n) is 6.85. The Balaban J connectivity index is 1.65. The molecule has 1 aliphatic heterocycles. The van der Waals surface area contributed by atoms with E-state index in [1.807, 2.05) is 43.3 Å². The SMILES string of the molecule is Cc1ccccc1C(=O)Nc1cccc(C(=O)CN2CCN(C)CC2)c1. The van der Waals surface area contributed by atoms with Crippen molar-refractivity contribution in [2.75, 3.05) is 45.1 Å². The van der Waals surface area contributed by atoms with Gasteiger partial charge in [0.25, 0.3) is 5.91 Å². The number of likely N-dealkylation sites (N-methyl/N-ethyl adjacent to an activating group) is 1. The summed E-state index contributed by atoms with van der Waals surface area (Å²) < 4.78 is 0. The highest BCUT2D eigenvalue weighted by Gasteiger charge is 2.18. The number of hydrogen-bond acceptors (Lipinski definition) is 4. The molecule has 1 heterocycles. The zero-order chi connectivity index (χ0) is 18.5. The van der Waals surface area contributed by atoms with Crippen molar-refractivity contribution in [3.63, 3.8) is 0 Å². The second kappa shape index (κ2) is 8.25. The monoisotopic (exact) mass is 351 g/mol. The van der Waals surface area contributed by atoms with Crippen LogP contribution in [0.3, 0.4) is 0 Å². The molecule has 0 radical (unpaired) electrons. The lowest BCUT2D eigenvalue weighted by atomic mass is 10.1. The molecule has 3 rings (SSSR count). The smallest absolute Gasteiger partial charge is 0.255 e. The number of carbonyl (C=O) groups is 2. The number of piperazine rings is 1. The van der Waals surface area contributed by atoms with Crippen LogP contribution in [0.25, 0.3) is 0 Å². The Hall–Kier alpha value is -2.50. The molecule has 0 saturated carbocycles. The second-order valence-corrected chi connectivity index (χ2v) is 6.85. The minimum atomic E-state index is -0.160. The van der Waals surface area contributed by atoms with Crippen molar-refractivity contribution < 1.29 is 9.59 Å². The maximum atomic E-state index is 12.6. The Morgan fingerprint density at radius 3 is 2.46 bits per heavy atom. The molecule has 1 saturated heterocycles. The molecule has 0 bridgehead atoms. The predicted molar refractivity (Wildman–Crippen MR) is 104 cm³/mol. The summed E-state index contributed by atoms with van der Waals surface area (Å²) in [7, 11) is 2.10. The van der Waals surface area contributed by atoms with Gasteiger partial charge >= 0.3 is 0 Å². The number of amides is 1. The number of rotatable bonds is 5. The van der Waals surface area contributed by atoms with E-state index in [9.17, 15) is 9.59 Å². The number of carbonyl (C=O) groups excluding carboxylic acids is 2. The van der Waals surface area contributed by atoms with E-state index in [0.717, 1.165) is 31.7 Å². The van der Waals surface area contributed by atoms with Gasteiger partial charge < -0.3 is 10.2 Å². The summed E-state index contributed by atoms with van der Waals surface area (Å²) in [5, 5.41) is 2.89. The van der Waals surface area contributed by atoms with Crippen LogP contribution in [-0.2, 0) is 0 Å². The third kappa shape index (κ3) is 4.56. The Morgan fingerprint density at radius 1 is 1.00 bits per heavy atom. The molecule has 5 heteroatoms. The Labute approximate surface area is 154 Å². The third-order valence-electron chi connectivity index (χ3n) is 4.80. The van der Waals surface area contributed by atoms with Crippen LogP contribution >= 0.6 is 0 Å². The molecule has 1 N–H and O–H groups in total. The van der Waals surface area contributed by atoms with Gasteiger partial charge in [0.15, 0.2) is 5.78 Å². The van der Waals surface area contributed by atoms with Crippen LogP contribution in [-0.4, -0.2) is 61.3 Å². The van der Waals surface area contributed by atoms with Crippen molar-refractivity contribution in [3.05, 3.63) is 65.2 Å². The molecule has 1 fully saturated rings. The Bertz CT molecular complexity index is 795. The normalized spacial score (nSPS) is 15.6. The molecule has 0 spiro atoms. The highest BCUT2D eigenvalue weighted by molar-refractivity contribution is 6.06. The Kier molecular flexibility index (Phi) is 5.81. The van der Waals surface area contributed by atoms with E-state index in [0.29, 0.717) is 23.4 Å². The molecular weight excluding hydrogens is 326 g/mol. The quantitative estimate of drug-likeness (QED) is 0.842. The van der Waals surface area contributed by atoms with Gasteiger partial charge in [0.2, 0.25) is 0 Å². The van der Waals surface area contributed by atoms with Gasteiger partial charge in [-0.3, -0.25) is 14.5 Å². The van der Waals surface area contributed by atoms with Crippen LogP contribution in [0, 0.1) is 6.92 Å². The zero-order valence-corrected chi connectivity index (χ0v) is 15.4. The van der Waals surface area contributed by atoms with Gasteiger partial charge in [-0.15, -0.1) is 0 Å². The van der Waals surface area contributed by atoms with Gasteiger partial charge in [-0.1, -0.05) is 30.3 Å². The van der Waals surface area contributed by atoms with Gasteiger partial charge in [-0.05, 0) is 37.7 Å². The van der Waals surface area contributed by atoms with Gasteiger partial charge in [0, 0.05) is 43.0 Å². The molecule has 0 atom stereocenters. The van der Waals surface area contributed by atoms with Gasteiger partial charge in [0.1, 0.15) is 0 Å². The molecular formula is C21H25N3O2. The fraction of sp³-hybridized carbons (Fsp3) is 0.333. The van der Waals surface area contributed by atoms with Crippen molar-refractivity contribution in [1.29, 1.82) is 0 Å². The number of ketones is 1. The first-order chi connectivity index (χ1) is 12.5. The number of aryl methyl sites for hydroxylation is 1. The average molecular weight is 351 g/mol. The van der Waals surface area contributed by atoms with E-state index in [2.05, 4.69) is 22.2 Å². The average Bonchev–Trinajstić information content (AvgIpc) is 2.64. The van der Waals surface area contributed by atoms with Crippen LogP contribution in [0.2, 0.25) is 0 Å². The summed E-state index contributed by atoms with van der Waals surface area (Å²) in [6.45, 7) is 6.12. The first-order valence-corrected chi connectivity index (χ1v) is 8.94. The van der Waals surface area contributed by atoms with Crippen molar-refractivity contribution in [2.24, 2.45) is 0 Å². The number of benzene rings is 2. The van der Waals surface area contributed by atoms with Crippen LogP contribution in [0.1, 0.15) is 26.3 Å². The molecule has 0 aromatic heterocycles. The highest BCUT2D eigenvalue weighted by Crippen LogP contribution is 2.15. The topological polar surface area (TPSA) is 52.7 Å². The van der Waals surface area contributed by atoms with Crippen LogP contribution in [0.15, 0.2) is 48.5 Å². The molecule has 0 unspecified atom stereocenters. The van der Waals surface area contributed by atoms with Gasteiger partial charge in [0.05, 0.1) is 6.54 Å². The summed E-state index contributed by atoms with van der Waals surface area (Å²) >= 11 is 0. The Morgan fingerprint density at radius 2 is 1.73 bits per heavy atom. The molecule has 2 aromatic rings. The van der Waals surface area contributed by atoms with Crippen LogP contribution < -0.4 is 5.32 Å². The largest absolute Gasteiger partial charge is 0.322 e. The minimum Gasteiger partial charge on any atom is -0.322 e. The van der Waals surface area contributed by atoms with E-state index in [-0.39, 0.29) is 11.7 Å². The van der Waals surface area contributed by atoms with E-state index in [1.165, 1.54) is 0 Å². The van der Waals surface area contributed by atoms with Crippen LogP contribution in [0.5, 0.6) is 0 Å². The van der Waals surface area contributed by atoms with Crippen LogP contribution in [0.4, 0.5) is 5.69 Å². The highest BCUT2D eigenvalue weighted by atomic mass is 16.1. The zero-order valence-electron chi connectivity index (χ0n) is 15.4. The molecule has 0 aliphatic carbocycles. The van der Waals surface area contributed by atoms with Gasteiger partial charge in [-0.25, -0.2) is 0 Å². The molecule has 1 amide bonds. The number of nitrogens with one attached hydrogen (secondary N) is 1. The molecule has 136 valence electrons. The summed E-state index contributed by atoms with van der Waals surface area (Å²) in [4.78, 5) is 29.5. The fourth-order valence-electron chi connectivity index (χ4n) is 3.10. The van der Waals surface area contributed by atoms with Crippen molar-refractivity contribution >= 4 is 17.4 Å². The van der Waals surface area contributed by atoms with E-state index < -0.39 is 0 Å². The van der Waals surface area contributed by atoms with Crippen molar-refractivity contribution in [2.45, 2.75) is 6.92 Å². The molecule has 5 nitrogen and oxygen atoms in total. The molecule has 26 heavy (non-hydrogen) atoms. The number of hydrogen-bond donors (Lipinski definition) is 1. The standard InChI is InChI=1S/C21H25N3O2/c1-16-6-3-4-9-19(16)21(26)22-18-8-5-7-17(14-18)20(25)15-24-12-10-23(2)11-13-24/h3-9,14H,10-13,15H2,1-2H3,(H,22,26). The summed E-state index contributed by atoms with van der Waals surface area (Å²) in [6, 6.07) is 14.6. The number of nitrogens with zero attached hydrogens (tertiary/aromatic N) is 2. The van der Waals surface area contributed by atoms with Crippen molar-refractivity contribution in [1.82, 2.24) is 9.80 Å². The lowest BCUT2D eigenvalue weighted by Crippen LogP contribution is -2.46. The maximum absolute atomic E-state index is 12.6. The predicted octanol–water partition coefficient (Wildman–Crippen LogP) is 2.68. The lowest BCUT2D eigenvalue weighted by molar-refractivity contribution is 0.0876. The number of Topliss-reactive ketones (excluding diaryl/α,β-unsaturated/α-hetero) is 1. The molecule has 2 aromatic carbocycles. The van der Waals surface area contributed by atoms with Gasteiger partial charge in [-0.2, -0.15) is 0 Å². The maximum Gasteiger partial charge on any atom is 0.255 e. The summed E-state index contributed by atoms with van der Waals surface area (Å²) in [5.74, 6) is -0.0756. The lowest BCUT2D eigenvalue weighted by Gasteiger charge is -2.31. The summed E-state index contributed by atoms with van der Waals surface area (Å²) in [6.07, 6.45) is 0. The van der Waals surface area contributed by atoms with Crippen molar-refractivity contribution in [3.8, 4) is 0 Å². The molecule has 1 aliphatic rings. The summed E-state index contributed by atoms with van der Waals surface area (Å²) in [5.41, 5.74) is 2.84. The fourth-order valence-corrected chi connectivity index (χ4v) is 3.10. The van der Waals surface area contributed by atoms with E-state index in [4.69, 9.17) is 0 Å². The van der Waals surface area contributed by atoms with E-state index in [1.54, 1.807) is 12.1 Å². The third-order valence-corrected chi connectivity index (χ3v) is 4.80. The van der Waals surface area contributed by atoms with E-state index >= 15 is 0 Å². The minimum absolute atomic E-state index is 0.0848. The first-order valence-electron chi connectivity index (χ1n) is 8.94. The number of anilines is 1.